The SMILES string of the molecule is CNC(c1cccc(OC(C)C)c1)c1ccc(Cl)cc1F. The molecule has 0 spiro atoms. The van der Waals surface area contributed by atoms with Crippen LogP contribution in [0.25, 0.3) is 0 Å². The molecule has 1 atom stereocenters. The van der Waals surface area contributed by atoms with Gasteiger partial charge in [-0.3, -0.25) is 0 Å². The van der Waals surface area contributed by atoms with E-state index in [0.29, 0.717) is 10.6 Å². The highest BCUT2D eigenvalue weighted by Gasteiger charge is 2.17. The van der Waals surface area contributed by atoms with Crippen LogP contribution in [-0.2, 0) is 0 Å². The Kier molecular flexibility index (Phi) is 5.21. The van der Waals surface area contributed by atoms with Gasteiger partial charge >= 0.3 is 0 Å². The van der Waals surface area contributed by atoms with Crippen molar-refractivity contribution in [2.75, 3.05) is 7.05 Å². The second-order valence-corrected chi connectivity index (χ2v) is 5.56. The summed E-state index contributed by atoms with van der Waals surface area (Å²) in [5, 5.41) is 3.53. The molecule has 0 radical (unpaired) electrons. The van der Waals surface area contributed by atoms with Crippen LogP contribution in [0.3, 0.4) is 0 Å². The van der Waals surface area contributed by atoms with Crippen LogP contribution in [0.4, 0.5) is 4.39 Å². The number of hydrogen-bond acceptors (Lipinski definition) is 2. The van der Waals surface area contributed by atoms with Crippen molar-refractivity contribution in [3.05, 3.63) is 64.4 Å². The Labute approximate surface area is 129 Å². The van der Waals surface area contributed by atoms with Gasteiger partial charge in [0.15, 0.2) is 0 Å². The topological polar surface area (TPSA) is 21.3 Å². The molecular weight excluding hydrogens is 289 g/mol. The lowest BCUT2D eigenvalue weighted by atomic mass is 9.98. The Balaban J connectivity index is 2.37. The molecule has 2 aromatic rings. The van der Waals surface area contributed by atoms with E-state index >= 15 is 0 Å². The Morgan fingerprint density at radius 2 is 1.90 bits per heavy atom. The summed E-state index contributed by atoms with van der Waals surface area (Å²) in [7, 11) is 1.80. The van der Waals surface area contributed by atoms with Crippen molar-refractivity contribution in [3.8, 4) is 5.75 Å². The number of rotatable bonds is 5. The summed E-state index contributed by atoms with van der Waals surface area (Å²) in [6.45, 7) is 3.95. The fourth-order valence-corrected chi connectivity index (χ4v) is 2.44. The fourth-order valence-electron chi connectivity index (χ4n) is 2.28. The third-order valence-corrected chi connectivity index (χ3v) is 3.36. The lowest BCUT2D eigenvalue weighted by molar-refractivity contribution is 0.242. The molecule has 0 fully saturated rings. The second-order valence-electron chi connectivity index (χ2n) is 5.13. The van der Waals surface area contributed by atoms with E-state index in [1.807, 2.05) is 38.1 Å². The monoisotopic (exact) mass is 307 g/mol. The van der Waals surface area contributed by atoms with Gasteiger partial charge in [0.1, 0.15) is 11.6 Å². The molecule has 0 saturated carbocycles. The summed E-state index contributed by atoms with van der Waals surface area (Å²) < 4.78 is 19.8. The largest absolute Gasteiger partial charge is 0.491 e. The second kappa shape index (κ2) is 6.92. The van der Waals surface area contributed by atoms with Gasteiger partial charge in [0.25, 0.3) is 0 Å². The summed E-state index contributed by atoms with van der Waals surface area (Å²) in [5.74, 6) is 0.453. The summed E-state index contributed by atoms with van der Waals surface area (Å²) >= 11 is 5.81. The van der Waals surface area contributed by atoms with Crippen LogP contribution < -0.4 is 10.1 Å². The van der Waals surface area contributed by atoms with Gasteiger partial charge in [-0.05, 0) is 50.7 Å². The molecule has 0 amide bonds. The van der Waals surface area contributed by atoms with Gasteiger partial charge < -0.3 is 10.1 Å². The number of benzene rings is 2. The van der Waals surface area contributed by atoms with Gasteiger partial charge in [-0.15, -0.1) is 0 Å². The first kappa shape index (κ1) is 15.8. The zero-order chi connectivity index (χ0) is 15.4. The third kappa shape index (κ3) is 3.96. The van der Waals surface area contributed by atoms with E-state index in [2.05, 4.69) is 5.32 Å². The Bertz CT molecular complexity index is 615. The zero-order valence-electron chi connectivity index (χ0n) is 12.4. The Morgan fingerprint density at radius 1 is 1.14 bits per heavy atom. The van der Waals surface area contributed by atoms with Gasteiger partial charge in [-0.25, -0.2) is 4.39 Å². The van der Waals surface area contributed by atoms with Crippen LogP contribution in [-0.4, -0.2) is 13.2 Å². The van der Waals surface area contributed by atoms with Crippen molar-refractivity contribution >= 4 is 11.6 Å². The summed E-state index contributed by atoms with van der Waals surface area (Å²) in [6.07, 6.45) is 0.0977. The molecule has 4 heteroatoms. The van der Waals surface area contributed by atoms with Gasteiger partial charge in [0, 0.05) is 10.6 Å². The molecule has 0 bridgehead atoms. The molecule has 21 heavy (non-hydrogen) atoms. The highest BCUT2D eigenvalue weighted by atomic mass is 35.5. The standard InChI is InChI=1S/C17H19ClFNO/c1-11(2)21-14-6-4-5-12(9-14)17(20-3)15-8-7-13(18)10-16(15)19/h4-11,17,20H,1-3H3. The lowest BCUT2D eigenvalue weighted by Gasteiger charge is -2.19. The predicted octanol–water partition coefficient (Wildman–Crippen LogP) is 4.58. The van der Waals surface area contributed by atoms with E-state index in [4.69, 9.17) is 16.3 Å². The summed E-state index contributed by atoms with van der Waals surface area (Å²) in [6, 6.07) is 12.2. The number of ether oxygens (including phenoxy) is 1. The maximum atomic E-state index is 14.1. The lowest BCUT2D eigenvalue weighted by Crippen LogP contribution is -2.19. The maximum absolute atomic E-state index is 14.1. The minimum atomic E-state index is -0.322. The average molecular weight is 308 g/mol. The fraction of sp³-hybridized carbons (Fsp3) is 0.294. The van der Waals surface area contributed by atoms with E-state index in [-0.39, 0.29) is 18.0 Å². The van der Waals surface area contributed by atoms with E-state index in [1.54, 1.807) is 19.2 Å². The van der Waals surface area contributed by atoms with Crippen LogP contribution in [0.15, 0.2) is 42.5 Å². The predicted molar refractivity (Wildman–Crippen MR) is 84.5 cm³/mol. The molecule has 1 N–H and O–H groups in total. The van der Waals surface area contributed by atoms with Gasteiger partial charge in [0.2, 0.25) is 0 Å². The van der Waals surface area contributed by atoms with Crippen molar-refractivity contribution in [3.63, 3.8) is 0 Å². The average Bonchev–Trinajstić information content (AvgIpc) is 2.41. The minimum Gasteiger partial charge on any atom is -0.491 e. The highest BCUT2D eigenvalue weighted by Crippen LogP contribution is 2.28. The van der Waals surface area contributed by atoms with Crippen molar-refractivity contribution in [2.45, 2.75) is 26.0 Å². The normalized spacial score (nSPS) is 12.5. The molecule has 0 aromatic heterocycles. The van der Waals surface area contributed by atoms with Gasteiger partial charge in [-0.2, -0.15) is 0 Å². The molecule has 1 unspecified atom stereocenters. The van der Waals surface area contributed by atoms with E-state index in [9.17, 15) is 4.39 Å². The van der Waals surface area contributed by atoms with Crippen molar-refractivity contribution in [1.29, 1.82) is 0 Å². The molecule has 112 valence electrons. The van der Waals surface area contributed by atoms with Crippen LogP contribution in [0.5, 0.6) is 5.75 Å². The summed E-state index contributed by atoms with van der Waals surface area (Å²) in [4.78, 5) is 0. The molecule has 2 rings (SSSR count). The van der Waals surface area contributed by atoms with E-state index in [1.165, 1.54) is 6.07 Å². The first-order valence-electron chi connectivity index (χ1n) is 6.90. The van der Waals surface area contributed by atoms with E-state index < -0.39 is 0 Å². The van der Waals surface area contributed by atoms with Crippen LogP contribution in [0.2, 0.25) is 5.02 Å². The Hall–Kier alpha value is -1.58. The number of halogens is 2. The molecule has 0 aliphatic heterocycles. The quantitative estimate of drug-likeness (QED) is 0.873. The van der Waals surface area contributed by atoms with Crippen LogP contribution in [0, 0.1) is 5.82 Å². The maximum Gasteiger partial charge on any atom is 0.129 e. The van der Waals surface area contributed by atoms with Gasteiger partial charge in [0.05, 0.1) is 12.1 Å². The molecule has 0 aliphatic carbocycles. The smallest absolute Gasteiger partial charge is 0.129 e. The van der Waals surface area contributed by atoms with Crippen molar-refractivity contribution in [2.24, 2.45) is 0 Å². The highest BCUT2D eigenvalue weighted by molar-refractivity contribution is 6.30. The van der Waals surface area contributed by atoms with Crippen molar-refractivity contribution < 1.29 is 9.13 Å². The molecule has 0 heterocycles. The van der Waals surface area contributed by atoms with Crippen molar-refractivity contribution in [1.82, 2.24) is 5.32 Å². The van der Waals surface area contributed by atoms with Crippen LogP contribution in [0.1, 0.15) is 31.0 Å². The third-order valence-electron chi connectivity index (χ3n) is 3.13. The molecular formula is C17H19ClFNO. The molecule has 0 saturated heterocycles. The van der Waals surface area contributed by atoms with E-state index in [0.717, 1.165) is 11.3 Å². The first-order chi connectivity index (χ1) is 10.0. The zero-order valence-corrected chi connectivity index (χ0v) is 13.1. The number of hydrogen-bond donors (Lipinski definition) is 1. The molecule has 0 aliphatic rings. The first-order valence-corrected chi connectivity index (χ1v) is 7.28. The Morgan fingerprint density at radius 3 is 2.52 bits per heavy atom. The molecule has 2 nitrogen and oxygen atoms in total. The number of nitrogens with one attached hydrogen (secondary N) is 1. The molecule has 2 aromatic carbocycles. The minimum absolute atomic E-state index is 0.0977. The van der Waals surface area contributed by atoms with Crippen LogP contribution >= 0.6 is 11.6 Å². The summed E-state index contributed by atoms with van der Waals surface area (Å²) in [5.41, 5.74) is 1.50. The van der Waals surface area contributed by atoms with Gasteiger partial charge in [-0.1, -0.05) is 29.8 Å².